The summed E-state index contributed by atoms with van der Waals surface area (Å²) in [4.78, 5) is 0.298. The molecule has 0 amide bonds. The normalized spacial score (nSPS) is 11.4. The van der Waals surface area contributed by atoms with Crippen LogP contribution in [-0.2, 0) is 16.4 Å². The smallest absolute Gasteiger partial charge is 0.211 e. The summed E-state index contributed by atoms with van der Waals surface area (Å²) >= 11 is 0. The molecule has 0 spiro atoms. The van der Waals surface area contributed by atoms with Gasteiger partial charge in [0.15, 0.2) is 0 Å². The van der Waals surface area contributed by atoms with Gasteiger partial charge in [0.1, 0.15) is 0 Å². The van der Waals surface area contributed by atoms with E-state index in [1.165, 1.54) is 5.56 Å². The van der Waals surface area contributed by atoms with E-state index in [1.807, 2.05) is 60.7 Å². The summed E-state index contributed by atoms with van der Waals surface area (Å²) in [6.07, 6.45) is 1.63. The third-order valence-electron chi connectivity index (χ3n) is 4.05. The average Bonchev–Trinajstić information content (AvgIpc) is 2.67. The summed E-state index contributed by atoms with van der Waals surface area (Å²) in [6.45, 7) is 0.428. The van der Waals surface area contributed by atoms with Crippen LogP contribution in [0.25, 0.3) is 11.1 Å². The molecular formula is C21H21NO2S. The molecule has 0 aliphatic rings. The van der Waals surface area contributed by atoms with Crippen molar-refractivity contribution in [3.05, 3.63) is 90.5 Å². The molecule has 0 saturated heterocycles. The van der Waals surface area contributed by atoms with Gasteiger partial charge in [0, 0.05) is 6.54 Å². The largest absolute Gasteiger partial charge is 0.240 e. The van der Waals surface area contributed by atoms with Crippen molar-refractivity contribution < 1.29 is 8.42 Å². The summed E-state index contributed by atoms with van der Waals surface area (Å²) in [5.74, 6) is 0. The van der Waals surface area contributed by atoms with Crippen LogP contribution in [0.15, 0.2) is 89.8 Å². The van der Waals surface area contributed by atoms with Crippen LogP contribution in [0.5, 0.6) is 0 Å². The van der Waals surface area contributed by atoms with Gasteiger partial charge in [0.05, 0.1) is 4.90 Å². The van der Waals surface area contributed by atoms with Crippen molar-refractivity contribution in [1.82, 2.24) is 4.72 Å². The minimum atomic E-state index is -3.46. The molecule has 0 bridgehead atoms. The zero-order valence-electron chi connectivity index (χ0n) is 13.9. The minimum absolute atomic E-state index is 0.298. The van der Waals surface area contributed by atoms with Gasteiger partial charge in [-0.3, -0.25) is 0 Å². The van der Waals surface area contributed by atoms with Crippen molar-refractivity contribution in [3.63, 3.8) is 0 Å². The third kappa shape index (κ3) is 4.78. The van der Waals surface area contributed by atoms with Gasteiger partial charge < -0.3 is 0 Å². The Hall–Kier alpha value is -2.43. The zero-order valence-corrected chi connectivity index (χ0v) is 14.7. The molecule has 3 aromatic carbocycles. The van der Waals surface area contributed by atoms with Crippen molar-refractivity contribution in [2.24, 2.45) is 0 Å². The molecule has 0 aliphatic carbocycles. The number of aryl methyl sites for hydroxylation is 1. The lowest BCUT2D eigenvalue weighted by molar-refractivity contribution is 0.579. The predicted molar refractivity (Wildman–Crippen MR) is 102 cm³/mol. The molecule has 0 aliphatic heterocycles. The van der Waals surface area contributed by atoms with Gasteiger partial charge >= 0.3 is 0 Å². The standard InChI is InChI=1S/C21H21NO2S/c23-25(24,22-17-7-10-18-8-3-1-4-9-18)21-15-13-20(14-16-21)19-11-5-2-6-12-19/h1-6,8-9,11-16,22H,7,10,17H2. The Bertz CT molecular complexity index is 890. The molecule has 3 rings (SSSR count). The first-order valence-electron chi connectivity index (χ1n) is 8.34. The molecule has 0 unspecified atom stereocenters. The highest BCUT2D eigenvalue weighted by Crippen LogP contribution is 2.20. The van der Waals surface area contributed by atoms with Crippen LogP contribution in [-0.4, -0.2) is 15.0 Å². The van der Waals surface area contributed by atoms with E-state index in [9.17, 15) is 8.42 Å². The van der Waals surface area contributed by atoms with Crippen LogP contribution in [0.3, 0.4) is 0 Å². The zero-order chi connectivity index (χ0) is 17.5. The first-order valence-corrected chi connectivity index (χ1v) is 9.82. The molecule has 1 N–H and O–H groups in total. The number of benzene rings is 3. The topological polar surface area (TPSA) is 46.2 Å². The molecule has 0 fully saturated rings. The van der Waals surface area contributed by atoms with Gasteiger partial charge in [0.25, 0.3) is 0 Å². The van der Waals surface area contributed by atoms with Gasteiger partial charge in [-0.25, -0.2) is 13.1 Å². The van der Waals surface area contributed by atoms with E-state index >= 15 is 0 Å². The van der Waals surface area contributed by atoms with E-state index < -0.39 is 10.0 Å². The van der Waals surface area contributed by atoms with Crippen LogP contribution in [0.2, 0.25) is 0 Å². The maximum atomic E-state index is 12.4. The molecule has 0 atom stereocenters. The van der Waals surface area contributed by atoms with Crippen molar-refractivity contribution >= 4 is 10.0 Å². The highest BCUT2D eigenvalue weighted by atomic mass is 32.2. The molecular weight excluding hydrogens is 330 g/mol. The van der Waals surface area contributed by atoms with Crippen LogP contribution >= 0.6 is 0 Å². The van der Waals surface area contributed by atoms with E-state index in [2.05, 4.69) is 16.9 Å². The molecule has 3 aromatic rings. The molecule has 25 heavy (non-hydrogen) atoms. The Balaban J connectivity index is 1.58. The quantitative estimate of drug-likeness (QED) is 0.646. The molecule has 0 radical (unpaired) electrons. The molecule has 3 nitrogen and oxygen atoms in total. The third-order valence-corrected chi connectivity index (χ3v) is 5.53. The fourth-order valence-corrected chi connectivity index (χ4v) is 3.76. The molecule has 0 aromatic heterocycles. The highest BCUT2D eigenvalue weighted by Gasteiger charge is 2.13. The Morgan fingerprint density at radius 3 is 1.88 bits per heavy atom. The van der Waals surface area contributed by atoms with E-state index in [1.54, 1.807) is 12.1 Å². The summed E-state index contributed by atoms with van der Waals surface area (Å²) in [5.41, 5.74) is 3.29. The Kier molecular flexibility index (Phi) is 5.64. The highest BCUT2D eigenvalue weighted by molar-refractivity contribution is 7.89. The van der Waals surface area contributed by atoms with Crippen LogP contribution in [0, 0.1) is 0 Å². The Labute approximate surface area is 149 Å². The van der Waals surface area contributed by atoms with Crippen LogP contribution in [0.1, 0.15) is 12.0 Å². The Morgan fingerprint density at radius 2 is 1.24 bits per heavy atom. The number of hydrogen-bond acceptors (Lipinski definition) is 2. The first kappa shape index (κ1) is 17.4. The molecule has 4 heteroatoms. The lowest BCUT2D eigenvalue weighted by atomic mass is 10.1. The number of hydrogen-bond donors (Lipinski definition) is 1. The summed E-state index contributed by atoms with van der Waals surface area (Å²) in [6, 6.07) is 27.0. The summed E-state index contributed by atoms with van der Waals surface area (Å²) in [7, 11) is -3.46. The lowest BCUT2D eigenvalue weighted by Gasteiger charge is -2.08. The summed E-state index contributed by atoms with van der Waals surface area (Å²) in [5, 5.41) is 0. The van der Waals surface area contributed by atoms with Gasteiger partial charge in [0.2, 0.25) is 10.0 Å². The summed E-state index contributed by atoms with van der Waals surface area (Å²) < 4.78 is 27.4. The minimum Gasteiger partial charge on any atom is -0.211 e. The predicted octanol–water partition coefficient (Wildman–Crippen LogP) is 4.26. The number of sulfonamides is 1. The van der Waals surface area contributed by atoms with Crippen LogP contribution < -0.4 is 4.72 Å². The maximum Gasteiger partial charge on any atom is 0.240 e. The maximum absolute atomic E-state index is 12.4. The van der Waals surface area contributed by atoms with E-state index in [0.29, 0.717) is 11.4 Å². The second-order valence-corrected chi connectivity index (χ2v) is 7.64. The molecule has 128 valence electrons. The second kappa shape index (κ2) is 8.10. The first-order chi connectivity index (χ1) is 12.1. The van der Waals surface area contributed by atoms with Crippen molar-refractivity contribution in [3.8, 4) is 11.1 Å². The van der Waals surface area contributed by atoms with Gasteiger partial charge in [-0.1, -0.05) is 72.8 Å². The second-order valence-electron chi connectivity index (χ2n) is 5.88. The molecule has 0 heterocycles. The van der Waals surface area contributed by atoms with Crippen molar-refractivity contribution in [2.75, 3.05) is 6.54 Å². The van der Waals surface area contributed by atoms with Gasteiger partial charge in [-0.05, 0) is 41.7 Å². The molecule has 0 saturated carbocycles. The fourth-order valence-electron chi connectivity index (χ4n) is 2.68. The fraction of sp³-hybridized carbons (Fsp3) is 0.143. The van der Waals surface area contributed by atoms with E-state index in [4.69, 9.17) is 0 Å². The number of rotatable bonds is 7. The monoisotopic (exact) mass is 351 g/mol. The van der Waals surface area contributed by atoms with E-state index in [-0.39, 0.29) is 0 Å². The van der Waals surface area contributed by atoms with E-state index in [0.717, 1.165) is 24.0 Å². The van der Waals surface area contributed by atoms with Crippen molar-refractivity contribution in [1.29, 1.82) is 0 Å². The number of nitrogens with one attached hydrogen (secondary N) is 1. The van der Waals surface area contributed by atoms with Gasteiger partial charge in [-0.15, -0.1) is 0 Å². The SMILES string of the molecule is O=S(=O)(NCCCc1ccccc1)c1ccc(-c2ccccc2)cc1. The lowest BCUT2D eigenvalue weighted by Crippen LogP contribution is -2.25. The van der Waals surface area contributed by atoms with Crippen molar-refractivity contribution in [2.45, 2.75) is 17.7 Å². The Morgan fingerprint density at radius 1 is 0.680 bits per heavy atom. The average molecular weight is 351 g/mol. The van der Waals surface area contributed by atoms with Gasteiger partial charge in [-0.2, -0.15) is 0 Å². The van der Waals surface area contributed by atoms with Crippen LogP contribution in [0.4, 0.5) is 0 Å².